The van der Waals surface area contributed by atoms with E-state index in [9.17, 15) is 4.79 Å². The normalized spacial score (nSPS) is 11.8. The molecule has 134 valence electrons. The molecule has 0 N–H and O–H groups in total. The van der Waals surface area contributed by atoms with Gasteiger partial charge in [0.05, 0.1) is 11.3 Å². The van der Waals surface area contributed by atoms with Crippen molar-refractivity contribution in [3.8, 4) is 11.3 Å². The number of hydrogen-bond donors (Lipinski definition) is 0. The third-order valence-electron chi connectivity index (χ3n) is 4.24. The van der Waals surface area contributed by atoms with Crippen molar-refractivity contribution >= 4 is 33.2 Å². The maximum atomic E-state index is 12.7. The van der Waals surface area contributed by atoms with Gasteiger partial charge in [0.15, 0.2) is 4.80 Å². The Balaban J connectivity index is 2.15. The van der Waals surface area contributed by atoms with E-state index in [4.69, 9.17) is 0 Å². The Morgan fingerprint density at radius 3 is 2.42 bits per heavy atom. The fraction of sp³-hybridized carbons (Fsp3) is 0.238. The van der Waals surface area contributed by atoms with Crippen LogP contribution >= 0.6 is 27.3 Å². The first-order chi connectivity index (χ1) is 12.5. The second-order valence-corrected chi connectivity index (χ2v) is 7.93. The summed E-state index contributed by atoms with van der Waals surface area (Å²) >= 11 is 5.04. The molecule has 2 aromatic carbocycles. The minimum atomic E-state index is -0.223. The molecular formula is C21H21BrN2OS. The molecule has 26 heavy (non-hydrogen) atoms. The lowest BCUT2D eigenvalue weighted by Crippen LogP contribution is -2.17. The van der Waals surface area contributed by atoms with Crippen LogP contribution in [0.3, 0.4) is 0 Å². The highest BCUT2D eigenvalue weighted by molar-refractivity contribution is 9.10. The van der Waals surface area contributed by atoms with E-state index in [0.717, 1.165) is 22.2 Å². The SMILES string of the molecule is CCc1sc(=NC(=O)c2ccccc2Br)n(CC)c1-c1ccc(C)cc1. The number of carbonyl (C=O) groups is 1. The Morgan fingerprint density at radius 2 is 1.81 bits per heavy atom. The van der Waals surface area contributed by atoms with Crippen LogP contribution in [0.15, 0.2) is 58.0 Å². The number of carbonyl (C=O) groups excluding carboxylic acids is 1. The molecule has 0 aliphatic heterocycles. The molecule has 3 rings (SSSR count). The zero-order valence-corrected chi connectivity index (χ0v) is 17.5. The van der Waals surface area contributed by atoms with Crippen LogP contribution in [-0.4, -0.2) is 10.5 Å². The van der Waals surface area contributed by atoms with Crippen molar-refractivity contribution in [3.05, 3.63) is 73.8 Å². The van der Waals surface area contributed by atoms with Gasteiger partial charge in [0.25, 0.3) is 5.91 Å². The van der Waals surface area contributed by atoms with Gasteiger partial charge in [-0.1, -0.05) is 48.9 Å². The largest absolute Gasteiger partial charge is 0.316 e. The molecular weight excluding hydrogens is 408 g/mol. The molecule has 1 aromatic heterocycles. The predicted molar refractivity (Wildman–Crippen MR) is 112 cm³/mol. The number of thiazole rings is 1. The number of aromatic nitrogens is 1. The number of halogens is 1. The summed E-state index contributed by atoms with van der Waals surface area (Å²) in [6.07, 6.45) is 0.909. The molecule has 0 unspecified atom stereocenters. The summed E-state index contributed by atoms with van der Waals surface area (Å²) in [6, 6.07) is 15.9. The second kappa shape index (κ2) is 8.14. The van der Waals surface area contributed by atoms with Crippen molar-refractivity contribution in [2.24, 2.45) is 4.99 Å². The number of aryl methyl sites for hydroxylation is 2. The lowest BCUT2D eigenvalue weighted by molar-refractivity contribution is 0.0997. The van der Waals surface area contributed by atoms with Gasteiger partial charge in [0.1, 0.15) is 0 Å². The number of benzene rings is 2. The molecule has 0 aliphatic rings. The first-order valence-corrected chi connectivity index (χ1v) is 10.3. The number of rotatable bonds is 4. The van der Waals surface area contributed by atoms with E-state index in [-0.39, 0.29) is 5.91 Å². The summed E-state index contributed by atoms with van der Waals surface area (Å²) in [5, 5.41) is 0. The van der Waals surface area contributed by atoms with Crippen molar-refractivity contribution in [1.82, 2.24) is 4.57 Å². The van der Waals surface area contributed by atoms with Gasteiger partial charge in [-0.05, 0) is 53.9 Å². The van der Waals surface area contributed by atoms with Crippen molar-refractivity contribution in [2.75, 3.05) is 0 Å². The Labute approximate surface area is 166 Å². The quantitative estimate of drug-likeness (QED) is 0.531. The van der Waals surface area contributed by atoms with Crippen LogP contribution in [0.5, 0.6) is 0 Å². The van der Waals surface area contributed by atoms with Crippen LogP contribution in [0.4, 0.5) is 0 Å². The first-order valence-electron chi connectivity index (χ1n) is 8.68. The predicted octanol–water partition coefficient (Wildman–Crippen LogP) is 5.61. The van der Waals surface area contributed by atoms with E-state index in [1.165, 1.54) is 21.7 Å². The first kappa shape index (κ1) is 18.8. The summed E-state index contributed by atoms with van der Waals surface area (Å²) in [5.41, 5.74) is 4.15. The molecule has 0 atom stereocenters. The topological polar surface area (TPSA) is 34.4 Å². The van der Waals surface area contributed by atoms with Crippen LogP contribution < -0.4 is 4.80 Å². The Bertz CT molecular complexity index is 1000. The Kier molecular flexibility index (Phi) is 5.89. The third kappa shape index (κ3) is 3.74. The average molecular weight is 429 g/mol. The van der Waals surface area contributed by atoms with Crippen molar-refractivity contribution in [2.45, 2.75) is 33.7 Å². The Hall–Kier alpha value is -1.98. The van der Waals surface area contributed by atoms with Crippen molar-refractivity contribution in [1.29, 1.82) is 0 Å². The van der Waals surface area contributed by atoms with Gasteiger partial charge in [0, 0.05) is 15.9 Å². The lowest BCUT2D eigenvalue weighted by Gasteiger charge is -2.09. The number of amides is 1. The third-order valence-corrected chi connectivity index (χ3v) is 6.16. The van der Waals surface area contributed by atoms with Crippen molar-refractivity contribution < 1.29 is 4.79 Å². The molecule has 0 saturated carbocycles. The molecule has 0 saturated heterocycles. The molecule has 0 spiro atoms. The minimum Gasteiger partial charge on any atom is -0.316 e. The maximum Gasteiger partial charge on any atom is 0.280 e. The fourth-order valence-corrected chi connectivity index (χ4v) is 4.49. The van der Waals surface area contributed by atoms with E-state index in [1.807, 2.05) is 18.2 Å². The number of nitrogens with zero attached hydrogens (tertiary/aromatic N) is 2. The van der Waals surface area contributed by atoms with Crippen LogP contribution in [0.2, 0.25) is 0 Å². The molecule has 0 aliphatic carbocycles. The average Bonchev–Trinajstić information content (AvgIpc) is 3.00. The van der Waals surface area contributed by atoms with Gasteiger partial charge in [-0.15, -0.1) is 11.3 Å². The molecule has 3 nitrogen and oxygen atoms in total. The van der Waals surface area contributed by atoms with E-state index in [1.54, 1.807) is 17.4 Å². The van der Waals surface area contributed by atoms with Crippen molar-refractivity contribution in [3.63, 3.8) is 0 Å². The zero-order chi connectivity index (χ0) is 18.7. The molecule has 3 aromatic rings. The standard InChI is InChI=1S/C21H21BrN2OS/c1-4-18-19(15-12-10-14(3)11-13-15)24(5-2)21(26-18)23-20(25)16-8-6-7-9-17(16)22/h6-13H,4-5H2,1-3H3. The van der Waals surface area contributed by atoms with E-state index >= 15 is 0 Å². The van der Waals surface area contributed by atoms with Crippen LogP contribution in [0.25, 0.3) is 11.3 Å². The molecule has 0 bridgehead atoms. The molecule has 0 fully saturated rings. The zero-order valence-electron chi connectivity index (χ0n) is 15.1. The Morgan fingerprint density at radius 1 is 1.12 bits per heavy atom. The summed E-state index contributed by atoms with van der Waals surface area (Å²) in [6.45, 7) is 7.08. The second-order valence-electron chi connectivity index (χ2n) is 6.02. The van der Waals surface area contributed by atoms with Gasteiger partial charge in [-0.3, -0.25) is 4.79 Å². The maximum absolute atomic E-state index is 12.7. The fourth-order valence-electron chi connectivity index (χ4n) is 2.89. The van der Waals surface area contributed by atoms with Gasteiger partial charge < -0.3 is 4.57 Å². The summed E-state index contributed by atoms with van der Waals surface area (Å²) < 4.78 is 2.91. The molecule has 5 heteroatoms. The highest BCUT2D eigenvalue weighted by atomic mass is 79.9. The van der Waals surface area contributed by atoms with E-state index < -0.39 is 0 Å². The molecule has 0 radical (unpaired) electrons. The molecule has 1 amide bonds. The van der Waals surface area contributed by atoms with Crippen LogP contribution in [-0.2, 0) is 13.0 Å². The van der Waals surface area contributed by atoms with Gasteiger partial charge >= 0.3 is 0 Å². The van der Waals surface area contributed by atoms with Crippen LogP contribution in [0.1, 0.15) is 34.6 Å². The number of hydrogen-bond acceptors (Lipinski definition) is 2. The van der Waals surface area contributed by atoms with Gasteiger partial charge in [-0.2, -0.15) is 4.99 Å². The van der Waals surface area contributed by atoms with Gasteiger partial charge in [-0.25, -0.2) is 0 Å². The highest BCUT2D eigenvalue weighted by Crippen LogP contribution is 2.27. The minimum absolute atomic E-state index is 0.223. The summed E-state index contributed by atoms with van der Waals surface area (Å²) in [7, 11) is 0. The lowest BCUT2D eigenvalue weighted by atomic mass is 10.1. The van der Waals surface area contributed by atoms with Gasteiger partial charge in [0.2, 0.25) is 0 Å². The highest BCUT2D eigenvalue weighted by Gasteiger charge is 2.15. The molecule has 1 heterocycles. The monoisotopic (exact) mass is 428 g/mol. The van der Waals surface area contributed by atoms with E-state index in [0.29, 0.717) is 5.56 Å². The van der Waals surface area contributed by atoms with Crippen LogP contribution in [0, 0.1) is 6.92 Å². The summed E-state index contributed by atoms with van der Waals surface area (Å²) in [4.78, 5) is 19.1. The smallest absolute Gasteiger partial charge is 0.280 e. The summed E-state index contributed by atoms with van der Waals surface area (Å²) in [5.74, 6) is -0.223. The van der Waals surface area contributed by atoms with E-state index in [2.05, 4.69) is 70.5 Å².